The maximum atomic E-state index is 12.9. The Bertz CT molecular complexity index is 654. The molecule has 0 unspecified atom stereocenters. The van der Waals surface area contributed by atoms with Gasteiger partial charge in [-0.15, -0.1) is 12.3 Å². The Kier molecular flexibility index (Phi) is 5.34. The zero-order valence-electron chi connectivity index (χ0n) is 14.3. The molecule has 0 spiro atoms. The first kappa shape index (κ1) is 17.4. The minimum absolute atomic E-state index is 0.0643. The molecule has 2 aliphatic heterocycles. The predicted octanol–water partition coefficient (Wildman–Crippen LogP) is 2.27. The number of benzene rings is 1. The summed E-state index contributed by atoms with van der Waals surface area (Å²) in [5.41, 5.74) is -1.20. The predicted molar refractivity (Wildman–Crippen MR) is 95.2 cm³/mol. The Morgan fingerprint density at radius 2 is 1.96 bits per heavy atom. The van der Waals surface area contributed by atoms with E-state index < -0.39 is 5.60 Å². The molecule has 1 amide bonds. The highest BCUT2D eigenvalue weighted by molar-refractivity contribution is 5.85. The van der Waals surface area contributed by atoms with Crippen LogP contribution in [0.25, 0.3) is 0 Å². The first-order valence-electron chi connectivity index (χ1n) is 8.79. The number of nitrogens with zero attached hydrogens (tertiary/aromatic N) is 2. The third-order valence-electron chi connectivity index (χ3n) is 4.74. The lowest BCUT2D eigenvalue weighted by atomic mass is 9.90. The van der Waals surface area contributed by atoms with E-state index in [-0.39, 0.29) is 11.6 Å². The Hall–Kier alpha value is -2.39. The molecule has 3 rings (SSSR count). The number of carbonyl (C=O) groups excluding carboxylic acids is 1. The topological polar surface area (TPSA) is 75.1 Å². The fourth-order valence-electron chi connectivity index (χ4n) is 3.13. The van der Waals surface area contributed by atoms with E-state index >= 15 is 0 Å². The Morgan fingerprint density at radius 3 is 2.60 bits per heavy atom. The van der Waals surface area contributed by atoms with Gasteiger partial charge in [0, 0.05) is 38.6 Å². The van der Waals surface area contributed by atoms with Crippen LogP contribution in [0.4, 0.5) is 0 Å². The van der Waals surface area contributed by atoms with Crippen LogP contribution < -0.4 is 15.4 Å². The molecule has 2 heterocycles. The second kappa shape index (κ2) is 7.66. The van der Waals surface area contributed by atoms with Crippen LogP contribution in [0.15, 0.2) is 40.6 Å². The van der Waals surface area contributed by atoms with Crippen molar-refractivity contribution in [3.8, 4) is 18.1 Å². The number of para-hydroxylation sites is 1. The van der Waals surface area contributed by atoms with Crippen LogP contribution in [-0.2, 0) is 4.79 Å². The van der Waals surface area contributed by atoms with Crippen LogP contribution >= 0.6 is 0 Å². The lowest BCUT2D eigenvalue weighted by Gasteiger charge is -2.36. The number of piperidine rings is 1. The van der Waals surface area contributed by atoms with Gasteiger partial charge in [-0.25, -0.2) is 0 Å². The van der Waals surface area contributed by atoms with Crippen molar-refractivity contribution in [2.75, 3.05) is 19.6 Å². The molecule has 2 N–H and O–H groups in total. The number of nitrogens with one attached hydrogen (secondary N) is 2. The molecule has 0 radical (unpaired) electrons. The lowest BCUT2D eigenvalue weighted by molar-refractivity contribution is -0.139. The van der Waals surface area contributed by atoms with Gasteiger partial charge in [0.05, 0.1) is 0 Å². The molecule has 6 nitrogen and oxygen atoms in total. The van der Waals surface area contributed by atoms with Crippen LogP contribution in [0.5, 0.6) is 5.75 Å². The highest BCUT2D eigenvalue weighted by Gasteiger charge is 2.43. The van der Waals surface area contributed by atoms with Gasteiger partial charge in [-0.3, -0.25) is 4.79 Å². The van der Waals surface area contributed by atoms with E-state index in [0.29, 0.717) is 32.2 Å². The molecular weight excluding hydrogens is 316 g/mol. The van der Waals surface area contributed by atoms with Crippen LogP contribution in [0, 0.1) is 12.3 Å². The van der Waals surface area contributed by atoms with Crippen molar-refractivity contribution < 1.29 is 9.53 Å². The van der Waals surface area contributed by atoms with Gasteiger partial charge in [0.25, 0.3) is 5.91 Å². The number of terminal acetylenes is 1. The molecule has 0 saturated carbocycles. The fourth-order valence-corrected chi connectivity index (χ4v) is 3.13. The van der Waals surface area contributed by atoms with Crippen molar-refractivity contribution in [2.24, 2.45) is 10.2 Å². The van der Waals surface area contributed by atoms with Gasteiger partial charge in [0.1, 0.15) is 5.75 Å². The summed E-state index contributed by atoms with van der Waals surface area (Å²) in [4.78, 5) is 12.9. The summed E-state index contributed by atoms with van der Waals surface area (Å²) in [6, 6.07) is 9.52. The zero-order valence-corrected chi connectivity index (χ0v) is 14.3. The van der Waals surface area contributed by atoms with Gasteiger partial charge in [0.15, 0.2) is 11.3 Å². The van der Waals surface area contributed by atoms with Crippen LogP contribution in [0.1, 0.15) is 32.1 Å². The van der Waals surface area contributed by atoms with Crippen LogP contribution in [0.2, 0.25) is 0 Å². The second-order valence-electron chi connectivity index (χ2n) is 6.55. The third-order valence-corrected chi connectivity index (χ3v) is 4.74. The van der Waals surface area contributed by atoms with Gasteiger partial charge in [-0.2, -0.15) is 10.2 Å². The molecule has 1 fully saturated rings. The molecule has 0 bridgehead atoms. The van der Waals surface area contributed by atoms with Crippen molar-refractivity contribution >= 4 is 5.91 Å². The van der Waals surface area contributed by atoms with Crippen molar-refractivity contribution in [2.45, 2.75) is 43.4 Å². The smallest absolute Gasteiger partial charge is 0.264 e. The first-order chi connectivity index (χ1) is 12.2. The summed E-state index contributed by atoms with van der Waals surface area (Å²) in [5, 5.41) is 14.5. The first-order valence-corrected chi connectivity index (χ1v) is 8.79. The van der Waals surface area contributed by atoms with Gasteiger partial charge in [-0.1, -0.05) is 18.2 Å². The van der Waals surface area contributed by atoms with Crippen molar-refractivity contribution in [3.63, 3.8) is 0 Å². The maximum Gasteiger partial charge on any atom is 0.264 e. The summed E-state index contributed by atoms with van der Waals surface area (Å²) in [7, 11) is 0. The highest BCUT2D eigenvalue weighted by Crippen LogP contribution is 2.36. The summed E-state index contributed by atoms with van der Waals surface area (Å²) in [6.07, 6.45) is 8.66. The van der Waals surface area contributed by atoms with Gasteiger partial charge < -0.3 is 15.4 Å². The average Bonchev–Trinajstić information content (AvgIpc) is 3.41. The lowest BCUT2D eigenvalue weighted by Crippen LogP contribution is -2.56. The Balaban J connectivity index is 1.57. The molecule has 6 heteroatoms. The van der Waals surface area contributed by atoms with Crippen LogP contribution in [0.3, 0.4) is 0 Å². The zero-order chi connectivity index (χ0) is 17.6. The SMILES string of the molecule is C#CCCC1(CCNC(=O)C2(Oc3ccccc3)CCNCC2)N=N1. The molecule has 25 heavy (non-hydrogen) atoms. The number of hydrogen-bond donors (Lipinski definition) is 2. The van der Waals surface area contributed by atoms with Crippen molar-refractivity contribution in [1.82, 2.24) is 10.6 Å². The molecule has 1 saturated heterocycles. The van der Waals surface area contributed by atoms with Crippen molar-refractivity contribution in [3.05, 3.63) is 30.3 Å². The fraction of sp³-hybridized carbons (Fsp3) is 0.526. The number of ether oxygens (including phenoxy) is 1. The molecule has 0 atom stereocenters. The molecule has 0 aliphatic carbocycles. The summed E-state index contributed by atoms with van der Waals surface area (Å²) in [6.45, 7) is 2.04. The summed E-state index contributed by atoms with van der Waals surface area (Å²) >= 11 is 0. The largest absolute Gasteiger partial charge is 0.477 e. The monoisotopic (exact) mass is 340 g/mol. The van der Waals surface area contributed by atoms with Crippen LogP contribution in [-0.4, -0.2) is 36.8 Å². The Morgan fingerprint density at radius 1 is 1.24 bits per heavy atom. The summed E-state index contributed by atoms with van der Waals surface area (Å²) < 4.78 is 6.14. The molecule has 132 valence electrons. The molecular formula is C19H24N4O2. The molecule has 1 aromatic rings. The van der Waals surface area contributed by atoms with E-state index in [1.165, 1.54) is 0 Å². The minimum Gasteiger partial charge on any atom is -0.477 e. The molecule has 0 aromatic heterocycles. The summed E-state index contributed by atoms with van der Waals surface area (Å²) in [5.74, 6) is 3.27. The van der Waals surface area contributed by atoms with E-state index in [1.54, 1.807) is 0 Å². The van der Waals surface area contributed by atoms with Gasteiger partial charge in [0.2, 0.25) is 0 Å². The maximum absolute atomic E-state index is 12.9. The molecule has 2 aliphatic rings. The quantitative estimate of drug-likeness (QED) is 0.713. The minimum atomic E-state index is -0.823. The number of carbonyl (C=O) groups is 1. The van der Waals surface area contributed by atoms with E-state index in [4.69, 9.17) is 11.2 Å². The second-order valence-corrected chi connectivity index (χ2v) is 6.55. The van der Waals surface area contributed by atoms with Gasteiger partial charge in [-0.05, 0) is 25.2 Å². The van der Waals surface area contributed by atoms with E-state index in [0.717, 1.165) is 25.3 Å². The van der Waals surface area contributed by atoms with Gasteiger partial charge >= 0.3 is 0 Å². The average molecular weight is 340 g/mol. The highest BCUT2D eigenvalue weighted by atomic mass is 16.5. The van der Waals surface area contributed by atoms with E-state index in [1.807, 2.05) is 30.3 Å². The van der Waals surface area contributed by atoms with Crippen molar-refractivity contribution in [1.29, 1.82) is 0 Å². The standard InChI is InChI=1S/C19H24N4O2/c1-2-3-9-19(22-23-19)12-15-21-17(24)18(10-13-20-14-11-18)25-16-7-5-4-6-8-16/h1,4-8,20H,3,9-15H2,(H,21,24). The molecule has 1 aromatic carbocycles. The van der Waals surface area contributed by atoms with E-state index in [9.17, 15) is 4.79 Å². The number of amides is 1. The number of hydrogen-bond acceptors (Lipinski definition) is 5. The van der Waals surface area contributed by atoms with E-state index in [2.05, 4.69) is 26.8 Å². The Labute approximate surface area is 148 Å². The number of rotatable bonds is 8. The normalized spacial score (nSPS) is 19.6. The third kappa shape index (κ3) is 4.37.